The fourth-order valence-electron chi connectivity index (χ4n) is 8.27. The molecule has 4 fully saturated rings. The first kappa shape index (κ1) is 24.8. The van der Waals surface area contributed by atoms with Crippen LogP contribution in [0.2, 0.25) is 0 Å². The standard InChI is InChI=1S/C26H34O8/c1-12-11-13-23(4)10-9-14(27)22(2,3)16(23)15(28)18(29)25(13,6)17-19(30)34-26(7,21(32)33-8)20(31)24(12,17)5/h13,16-18,29H,1,9-11H2,2-8H3/t13-,16?,17-,18+,23-,24?,25-,26-/m1/s1. The van der Waals surface area contributed by atoms with Gasteiger partial charge in [0.25, 0.3) is 5.60 Å². The number of cyclic esters (lactones) is 1. The number of aliphatic hydroxyl groups is 1. The second-order valence-corrected chi connectivity index (χ2v) is 12.0. The van der Waals surface area contributed by atoms with Crippen molar-refractivity contribution in [1.29, 1.82) is 0 Å². The van der Waals surface area contributed by atoms with Gasteiger partial charge in [0, 0.05) is 23.2 Å². The number of carbonyl (C=O) groups excluding carboxylic acids is 5. The third kappa shape index (κ3) is 2.50. The summed E-state index contributed by atoms with van der Waals surface area (Å²) in [5, 5.41) is 11.5. The largest absolute Gasteiger partial charge is 0.466 e. The van der Waals surface area contributed by atoms with Crippen LogP contribution in [0.4, 0.5) is 0 Å². The van der Waals surface area contributed by atoms with Crippen molar-refractivity contribution in [3.8, 4) is 0 Å². The average molecular weight is 475 g/mol. The molecule has 1 heterocycles. The molecule has 3 aliphatic carbocycles. The third-order valence-electron chi connectivity index (χ3n) is 10.1. The van der Waals surface area contributed by atoms with Crippen molar-refractivity contribution >= 4 is 29.3 Å². The monoisotopic (exact) mass is 474 g/mol. The number of allylic oxidation sites excluding steroid dienone is 1. The van der Waals surface area contributed by atoms with E-state index in [1.807, 2.05) is 6.92 Å². The zero-order valence-electron chi connectivity index (χ0n) is 20.9. The van der Waals surface area contributed by atoms with Crippen molar-refractivity contribution in [1.82, 2.24) is 0 Å². The number of hydrogen-bond acceptors (Lipinski definition) is 8. The van der Waals surface area contributed by atoms with Crippen molar-refractivity contribution in [3.63, 3.8) is 0 Å². The fourth-order valence-corrected chi connectivity index (χ4v) is 8.27. The minimum absolute atomic E-state index is 0.0281. The van der Waals surface area contributed by atoms with E-state index in [9.17, 15) is 29.1 Å². The summed E-state index contributed by atoms with van der Waals surface area (Å²) in [6.45, 7) is 14.0. The second-order valence-electron chi connectivity index (χ2n) is 12.0. The number of Topliss-reactive ketones (excluding diaryl/α,β-unsaturated/α-hetero) is 3. The smallest absolute Gasteiger partial charge is 0.358 e. The first-order valence-corrected chi connectivity index (χ1v) is 11.8. The molecule has 3 saturated carbocycles. The summed E-state index contributed by atoms with van der Waals surface area (Å²) >= 11 is 0. The number of ketones is 3. The lowest BCUT2D eigenvalue weighted by molar-refractivity contribution is -0.237. The van der Waals surface area contributed by atoms with Crippen LogP contribution in [0.25, 0.3) is 0 Å². The Balaban J connectivity index is 1.93. The molecular weight excluding hydrogens is 440 g/mol. The molecule has 8 atom stereocenters. The van der Waals surface area contributed by atoms with Crippen LogP contribution in [-0.2, 0) is 33.4 Å². The van der Waals surface area contributed by atoms with Crippen LogP contribution < -0.4 is 0 Å². The number of esters is 2. The quantitative estimate of drug-likeness (QED) is 0.348. The van der Waals surface area contributed by atoms with Gasteiger partial charge in [-0.1, -0.05) is 39.8 Å². The van der Waals surface area contributed by atoms with Gasteiger partial charge in [0.1, 0.15) is 11.9 Å². The van der Waals surface area contributed by atoms with Gasteiger partial charge in [-0.15, -0.1) is 0 Å². The molecule has 1 aliphatic heterocycles. The van der Waals surface area contributed by atoms with Crippen LogP contribution in [0, 0.1) is 39.4 Å². The first-order chi connectivity index (χ1) is 15.5. The maximum Gasteiger partial charge on any atom is 0.358 e. The van der Waals surface area contributed by atoms with Crippen LogP contribution in [0.5, 0.6) is 0 Å². The lowest BCUT2D eigenvalue weighted by Gasteiger charge is -2.68. The summed E-state index contributed by atoms with van der Waals surface area (Å²) in [4.78, 5) is 66.5. The highest BCUT2D eigenvalue weighted by Crippen LogP contribution is 2.71. The maximum absolute atomic E-state index is 13.8. The van der Waals surface area contributed by atoms with Gasteiger partial charge in [-0.3, -0.25) is 19.2 Å². The van der Waals surface area contributed by atoms with E-state index in [1.165, 1.54) is 6.92 Å². The number of hydrogen-bond donors (Lipinski definition) is 1. The van der Waals surface area contributed by atoms with Gasteiger partial charge in [-0.25, -0.2) is 4.79 Å². The maximum atomic E-state index is 13.8. The molecule has 0 bridgehead atoms. The summed E-state index contributed by atoms with van der Waals surface area (Å²) in [5.74, 6) is -5.41. The molecule has 1 saturated heterocycles. The molecule has 1 N–H and O–H groups in total. The van der Waals surface area contributed by atoms with Gasteiger partial charge in [0.15, 0.2) is 11.6 Å². The van der Waals surface area contributed by atoms with Crippen molar-refractivity contribution in [2.45, 2.75) is 72.5 Å². The topological polar surface area (TPSA) is 124 Å². The molecule has 186 valence electrons. The van der Waals surface area contributed by atoms with Crippen LogP contribution in [-0.4, -0.2) is 53.2 Å². The van der Waals surface area contributed by atoms with E-state index in [4.69, 9.17) is 9.47 Å². The van der Waals surface area contributed by atoms with E-state index in [0.29, 0.717) is 12.0 Å². The summed E-state index contributed by atoms with van der Waals surface area (Å²) < 4.78 is 10.2. The molecule has 8 nitrogen and oxygen atoms in total. The summed E-state index contributed by atoms with van der Waals surface area (Å²) in [6, 6.07) is 0. The van der Waals surface area contributed by atoms with E-state index < -0.39 is 74.6 Å². The van der Waals surface area contributed by atoms with E-state index in [2.05, 4.69) is 6.58 Å². The molecule has 0 spiro atoms. The predicted octanol–water partition coefficient (Wildman–Crippen LogP) is 2.20. The van der Waals surface area contributed by atoms with Crippen LogP contribution in [0.1, 0.15) is 60.8 Å². The lowest BCUT2D eigenvalue weighted by Crippen LogP contribution is -2.75. The molecule has 34 heavy (non-hydrogen) atoms. The number of methoxy groups -OCH3 is 1. The number of carbonyl (C=O) groups is 5. The summed E-state index contributed by atoms with van der Waals surface area (Å²) in [6.07, 6.45) is -0.616. The van der Waals surface area contributed by atoms with Crippen LogP contribution in [0.15, 0.2) is 12.2 Å². The number of fused-ring (bicyclic) bond motifs is 5. The molecule has 0 radical (unpaired) electrons. The van der Waals surface area contributed by atoms with E-state index in [-0.39, 0.29) is 18.6 Å². The molecular formula is C26H34O8. The highest BCUT2D eigenvalue weighted by atomic mass is 16.6. The number of ether oxygens (including phenoxy) is 2. The van der Waals surface area contributed by atoms with Crippen molar-refractivity contribution in [2.75, 3.05) is 7.11 Å². The van der Waals surface area contributed by atoms with Crippen molar-refractivity contribution in [3.05, 3.63) is 12.2 Å². The molecule has 4 rings (SSSR count). The van der Waals surface area contributed by atoms with Crippen molar-refractivity contribution in [2.24, 2.45) is 39.4 Å². The van der Waals surface area contributed by atoms with Gasteiger partial charge in [0.05, 0.1) is 18.4 Å². The second kappa shape index (κ2) is 6.86. The summed E-state index contributed by atoms with van der Waals surface area (Å²) in [5.41, 5.74) is -6.29. The zero-order chi connectivity index (χ0) is 25.8. The van der Waals surface area contributed by atoms with Gasteiger partial charge in [0.2, 0.25) is 0 Å². The first-order valence-electron chi connectivity index (χ1n) is 11.8. The molecule has 2 unspecified atom stereocenters. The Hall–Kier alpha value is -2.35. The number of aliphatic hydroxyl groups excluding tert-OH is 1. The Bertz CT molecular complexity index is 1060. The predicted molar refractivity (Wildman–Crippen MR) is 119 cm³/mol. The van der Waals surface area contributed by atoms with Crippen LogP contribution in [0.3, 0.4) is 0 Å². The van der Waals surface area contributed by atoms with Crippen LogP contribution >= 0.6 is 0 Å². The Morgan fingerprint density at radius 3 is 2.21 bits per heavy atom. The minimum Gasteiger partial charge on any atom is -0.466 e. The van der Waals surface area contributed by atoms with Gasteiger partial charge >= 0.3 is 11.9 Å². The SMILES string of the molecule is C=C1C[C@H]2[C@](C)([C@@H]3C(=O)O[C@@](C)(C(=O)OC)C(=O)C13C)[C@@H](O)C(=O)C1C(C)(C)C(=O)CC[C@@]12C. The fraction of sp³-hybridized carbons (Fsp3) is 0.731. The molecule has 0 aromatic heterocycles. The molecule has 8 heteroatoms. The molecule has 0 amide bonds. The van der Waals surface area contributed by atoms with Gasteiger partial charge < -0.3 is 14.6 Å². The van der Waals surface area contributed by atoms with E-state index >= 15 is 0 Å². The normalized spacial score (nSPS) is 47.8. The Morgan fingerprint density at radius 2 is 1.65 bits per heavy atom. The van der Waals surface area contributed by atoms with Gasteiger partial charge in [-0.05, 0) is 38.0 Å². The summed E-state index contributed by atoms with van der Waals surface area (Å²) in [7, 11) is 1.10. The third-order valence-corrected chi connectivity index (χ3v) is 10.1. The lowest BCUT2D eigenvalue weighted by atomic mass is 9.34. The molecule has 4 aliphatic rings. The molecule has 0 aromatic carbocycles. The molecule has 0 aromatic rings. The average Bonchev–Trinajstić information content (AvgIpc) is 2.75. The number of rotatable bonds is 1. The zero-order valence-corrected chi connectivity index (χ0v) is 20.9. The Labute approximate surface area is 199 Å². The van der Waals surface area contributed by atoms with Crippen molar-refractivity contribution < 1.29 is 38.6 Å². The van der Waals surface area contributed by atoms with E-state index in [0.717, 1.165) is 7.11 Å². The highest BCUT2D eigenvalue weighted by molar-refractivity contribution is 6.15. The highest BCUT2D eigenvalue weighted by Gasteiger charge is 2.77. The Kier molecular flexibility index (Phi) is 5.00. The van der Waals surface area contributed by atoms with E-state index in [1.54, 1.807) is 27.7 Å². The minimum atomic E-state index is -2.15. The van der Waals surface area contributed by atoms with Gasteiger partial charge in [-0.2, -0.15) is 0 Å². The Morgan fingerprint density at radius 1 is 1.06 bits per heavy atom.